The van der Waals surface area contributed by atoms with Crippen LogP contribution in [0.2, 0.25) is 0 Å². The Morgan fingerprint density at radius 1 is 1.24 bits per heavy atom. The normalized spacial score (nSPS) is 19.2. The van der Waals surface area contributed by atoms with E-state index in [9.17, 15) is 17.6 Å². The van der Waals surface area contributed by atoms with Crippen molar-refractivity contribution in [3.63, 3.8) is 0 Å². The molecule has 1 saturated carbocycles. The number of rotatable bonds is 7. The van der Waals surface area contributed by atoms with Gasteiger partial charge in [-0.15, -0.1) is 23.1 Å². The molecule has 178 valence electrons. The molecule has 4 rings (SSSR count). The van der Waals surface area contributed by atoms with Crippen molar-refractivity contribution < 1.29 is 12.8 Å². The van der Waals surface area contributed by atoms with Crippen LogP contribution in [0.4, 0.5) is 10.2 Å². The van der Waals surface area contributed by atoms with Crippen molar-refractivity contribution in [2.45, 2.75) is 48.6 Å². The van der Waals surface area contributed by atoms with Crippen LogP contribution in [0.3, 0.4) is 0 Å². The van der Waals surface area contributed by atoms with E-state index < -0.39 is 15.7 Å². The summed E-state index contributed by atoms with van der Waals surface area (Å²) in [5.41, 5.74) is 0.710. The van der Waals surface area contributed by atoms with Gasteiger partial charge in [0.2, 0.25) is 0 Å². The van der Waals surface area contributed by atoms with Crippen LogP contribution in [0.15, 0.2) is 42.6 Å². The molecule has 0 amide bonds. The van der Waals surface area contributed by atoms with Gasteiger partial charge in [-0.2, -0.15) is 4.98 Å². The second kappa shape index (κ2) is 10.1. The smallest absolute Gasteiger partial charge is 0.261 e. The minimum Gasteiger partial charge on any atom is -0.261 e. The van der Waals surface area contributed by atoms with E-state index in [-0.39, 0.29) is 23.3 Å². The molecule has 1 fully saturated rings. The number of nitrogens with one attached hydrogen (secondary N) is 1. The maximum atomic E-state index is 13.2. The van der Waals surface area contributed by atoms with Crippen molar-refractivity contribution >= 4 is 54.9 Å². The van der Waals surface area contributed by atoms with Crippen molar-refractivity contribution in [1.82, 2.24) is 9.55 Å². The first kappa shape index (κ1) is 24.7. The van der Waals surface area contributed by atoms with E-state index in [1.54, 1.807) is 23.9 Å². The van der Waals surface area contributed by atoms with Gasteiger partial charge in [0.1, 0.15) is 5.69 Å². The maximum absolute atomic E-state index is 13.2. The van der Waals surface area contributed by atoms with Gasteiger partial charge in [-0.1, -0.05) is 22.4 Å². The molecule has 6 nitrogen and oxygen atoms in total. The molecule has 1 aromatic carbocycles. The van der Waals surface area contributed by atoms with Crippen LogP contribution in [-0.2, 0) is 10.0 Å². The standard InChI is InChI=1S/C22H25BrFN3O3S3/c1-13-14(2)32-21(31-12-16-5-3-4-15(10-16)11-24)19-20(25-22(28)27(13)19)26-33(29,30)18-8-6-17(23)7-9-18/h6-9,15-16H,3-5,10-12H2,1-2H3,(H,25,26,28). The number of sulfonamides is 1. The molecule has 1 aliphatic carbocycles. The lowest BCUT2D eigenvalue weighted by Gasteiger charge is -2.27. The third-order valence-corrected chi connectivity index (χ3v) is 10.6. The molecule has 2 heterocycles. The molecule has 2 unspecified atom stereocenters. The van der Waals surface area contributed by atoms with Crippen LogP contribution in [0, 0.1) is 25.7 Å². The van der Waals surface area contributed by atoms with Crippen molar-refractivity contribution in [2.24, 2.45) is 11.8 Å². The molecule has 0 bridgehead atoms. The SMILES string of the molecule is Cc1sc(SCC2CCCC(CF)C2)c2c(NS(=O)(=O)c3ccc(Br)cc3)nc(=O)n-2c1C. The van der Waals surface area contributed by atoms with E-state index in [1.807, 2.05) is 13.8 Å². The summed E-state index contributed by atoms with van der Waals surface area (Å²) in [6, 6.07) is 6.26. The lowest BCUT2D eigenvalue weighted by Crippen LogP contribution is -2.19. The number of aromatic nitrogens is 2. The van der Waals surface area contributed by atoms with Crippen molar-refractivity contribution in [2.75, 3.05) is 17.1 Å². The molecule has 0 saturated heterocycles. The summed E-state index contributed by atoms with van der Waals surface area (Å²) < 4.78 is 44.8. The van der Waals surface area contributed by atoms with Gasteiger partial charge in [-0.05, 0) is 69.2 Å². The quantitative estimate of drug-likeness (QED) is 0.362. The Balaban J connectivity index is 1.68. The van der Waals surface area contributed by atoms with E-state index in [2.05, 4.69) is 25.6 Å². The van der Waals surface area contributed by atoms with Gasteiger partial charge >= 0.3 is 5.69 Å². The highest BCUT2D eigenvalue weighted by Gasteiger charge is 2.28. The number of fused-ring (bicyclic) bond motifs is 1. The molecule has 33 heavy (non-hydrogen) atoms. The Kier molecular flexibility index (Phi) is 7.52. The van der Waals surface area contributed by atoms with Gasteiger partial charge in [0, 0.05) is 20.8 Å². The maximum Gasteiger partial charge on any atom is 0.354 e. The number of benzene rings is 1. The van der Waals surface area contributed by atoms with E-state index in [1.165, 1.54) is 28.0 Å². The average Bonchev–Trinajstić information content (AvgIpc) is 3.11. The van der Waals surface area contributed by atoms with Crippen molar-refractivity contribution in [3.8, 4) is 5.69 Å². The van der Waals surface area contributed by atoms with Gasteiger partial charge < -0.3 is 0 Å². The number of imidazole rings is 1. The Hall–Kier alpha value is -1.43. The minimum atomic E-state index is -3.93. The average molecular weight is 575 g/mol. The first-order valence-corrected chi connectivity index (χ1v) is 14.8. The van der Waals surface area contributed by atoms with Crippen LogP contribution in [0.5, 0.6) is 0 Å². The molecule has 0 radical (unpaired) electrons. The monoisotopic (exact) mass is 573 g/mol. The van der Waals surface area contributed by atoms with Gasteiger partial charge in [0.15, 0.2) is 5.82 Å². The third kappa shape index (κ3) is 5.31. The fourth-order valence-electron chi connectivity index (χ4n) is 4.17. The molecule has 11 heteroatoms. The fraction of sp³-hybridized carbons (Fsp3) is 0.455. The summed E-state index contributed by atoms with van der Waals surface area (Å²) in [6.45, 7) is 3.49. The Morgan fingerprint density at radius 3 is 2.64 bits per heavy atom. The number of thioether (sulfide) groups is 1. The van der Waals surface area contributed by atoms with Gasteiger partial charge in [0.25, 0.3) is 10.0 Å². The number of nitrogens with zero attached hydrogens (tertiary/aromatic N) is 2. The third-order valence-electron chi connectivity index (χ3n) is 6.05. The predicted molar refractivity (Wildman–Crippen MR) is 135 cm³/mol. The summed E-state index contributed by atoms with van der Waals surface area (Å²) in [6.07, 6.45) is 3.90. The zero-order valence-corrected chi connectivity index (χ0v) is 22.3. The second-order valence-electron chi connectivity index (χ2n) is 8.38. The number of halogens is 2. The lowest BCUT2D eigenvalue weighted by molar-refractivity contribution is 0.236. The number of hydrogen-bond acceptors (Lipinski definition) is 6. The van der Waals surface area contributed by atoms with Crippen molar-refractivity contribution in [3.05, 3.63) is 49.8 Å². The van der Waals surface area contributed by atoms with E-state index in [0.717, 1.165) is 50.7 Å². The van der Waals surface area contributed by atoms with Gasteiger partial charge in [-0.3, -0.25) is 13.7 Å². The Labute approximate surface area is 209 Å². The largest absolute Gasteiger partial charge is 0.354 e. The number of aryl methyl sites for hydroxylation is 1. The highest BCUT2D eigenvalue weighted by atomic mass is 79.9. The summed E-state index contributed by atoms with van der Waals surface area (Å²) >= 11 is 6.43. The van der Waals surface area contributed by atoms with Crippen LogP contribution < -0.4 is 10.4 Å². The van der Waals surface area contributed by atoms with Gasteiger partial charge in [-0.25, -0.2) is 13.2 Å². The zero-order valence-electron chi connectivity index (χ0n) is 18.3. The number of alkyl halides is 1. The molecule has 2 atom stereocenters. The molecule has 2 aliphatic heterocycles. The van der Waals surface area contributed by atoms with E-state index >= 15 is 0 Å². The number of anilines is 1. The molecule has 1 aromatic rings. The Bertz CT molecular complexity index is 1270. The Morgan fingerprint density at radius 2 is 1.94 bits per heavy atom. The van der Waals surface area contributed by atoms with Crippen LogP contribution in [0.1, 0.15) is 36.3 Å². The van der Waals surface area contributed by atoms with Crippen LogP contribution in [-0.4, -0.2) is 30.4 Å². The van der Waals surface area contributed by atoms with Crippen molar-refractivity contribution in [1.29, 1.82) is 0 Å². The molecular formula is C22H25BrFN3O3S3. The van der Waals surface area contributed by atoms with E-state index in [0.29, 0.717) is 11.6 Å². The zero-order chi connectivity index (χ0) is 23.8. The number of hydrogen-bond donors (Lipinski definition) is 1. The molecule has 3 aliphatic rings. The molecule has 0 spiro atoms. The molecule has 1 N–H and O–H groups in total. The first-order chi connectivity index (χ1) is 15.7. The van der Waals surface area contributed by atoms with E-state index in [4.69, 9.17) is 0 Å². The van der Waals surface area contributed by atoms with Gasteiger partial charge in [0.05, 0.1) is 15.8 Å². The topological polar surface area (TPSA) is 81.1 Å². The summed E-state index contributed by atoms with van der Waals surface area (Å²) in [5, 5.41) is 0. The molecular weight excluding hydrogens is 549 g/mol. The summed E-state index contributed by atoms with van der Waals surface area (Å²) in [4.78, 5) is 17.8. The predicted octanol–water partition coefficient (Wildman–Crippen LogP) is 5.78. The molecule has 0 aromatic heterocycles. The second-order valence-corrected chi connectivity index (χ2v) is 13.5. The minimum absolute atomic E-state index is 0.0371. The highest BCUT2D eigenvalue weighted by Crippen LogP contribution is 2.41. The summed E-state index contributed by atoms with van der Waals surface area (Å²) in [7, 11) is -3.93. The van der Waals surface area contributed by atoms with Crippen LogP contribution in [0.25, 0.3) is 5.69 Å². The highest BCUT2D eigenvalue weighted by molar-refractivity contribution is 9.10. The fourth-order valence-corrected chi connectivity index (χ4v) is 8.08. The van der Waals surface area contributed by atoms with Crippen LogP contribution >= 0.6 is 39.0 Å². The first-order valence-electron chi connectivity index (χ1n) is 10.7. The summed E-state index contributed by atoms with van der Waals surface area (Å²) in [5.74, 6) is 1.36. The lowest BCUT2D eigenvalue weighted by atomic mass is 9.83.